The Hall–Kier alpha value is -2.82. The minimum atomic E-state index is -0.417. The average molecular weight is 650 g/mol. The molecule has 2 heterocycles. The molecule has 4 aromatic rings. The number of carbonyl (C=O) groups is 1. The van der Waals surface area contributed by atoms with Gasteiger partial charge in [-0.15, -0.1) is 34.5 Å². The average Bonchev–Trinajstić information content (AvgIpc) is 2.73. The molecule has 35 heavy (non-hydrogen) atoms. The van der Waals surface area contributed by atoms with Gasteiger partial charge < -0.3 is 9.51 Å². The molecule has 2 aromatic heterocycles. The molecule has 0 atom stereocenters. The Labute approximate surface area is 220 Å². The minimum Gasteiger partial charge on any atom is -0.512 e. The van der Waals surface area contributed by atoms with E-state index < -0.39 is 5.41 Å². The fourth-order valence-electron chi connectivity index (χ4n) is 3.42. The molecule has 0 unspecified atom stereocenters. The zero-order valence-electron chi connectivity index (χ0n) is 21.6. The zero-order chi connectivity index (χ0) is 25.4. The first kappa shape index (κ1) is 28.4. The quantitative estimate of drug-likeness (QED) is 0.111. The summed E-state index contributed by atoms with van der Waals surface area (Å²) in [5, 5.41) is 12.2. The molecule has 2 aromatic carbocycles. The van der Waals surface area contributed by atoms with E-state index in [0.717, 1.165) is 27.4 Å². The number of hydrogen-bond donors (Lipinski definition) is 1. The van der Waals surface area contributed by atoms with Crippen LogP contribution in [0.25, 0.3) is 27.3 Å². The standard InChI is InChI=1S/C18H13N2O.C11H20O2.Ir/c1-11-6-7-13-8-9-20-15-5-3-4-12(2)16(15)18(21)19-17(20)14(13)10-11;1-10(2,3)8(12)7-9(13)11(4,5)6;/h3-9H,1-2H3;7,12H,1-6H3;/q-1;;. The van der Waals surface area contributed by atoms with Crippen molar-refractivity contribution >= 4 is 33.1 Å². The molecule has 6 heteroatoms. The normalized spacial score (nSPS) is 12.3. The Morgan fingerprint density at radius 2 is 1.66 bits per heavy atom. The Kier molecular flexibility index (Phi) is 8.47. The number of aliphatic hydroxyl groups excluding tert-OH is 1. The second kappa shape index (κ2) is 10.4. The van der Waals surface area contributed by atoms with E-state index in [1.807, 2.05) is 102 Å². The zero-order valence-corrected chi connectivity index (χ0v) is 24.0. The number of carbonyl (C=O) groups excluding carboxylic acids is 1. The van der Waals surface area contributed by atoms with Crippen molar-refractivity contribution in [2.24, 2.45) is 10.8 Å². The van der Waals surface area contributed by atoms with Gasteiger partial charge in [-0.1, -0.05) is 66.7 Å². The SMILES string of the molecule is CC(C)(C)C(=O)C=C(O)C(C)(C)C.Cc1[c-]c2c(cc1)ccn1c3cccc(C)c3c(=O)nc21.[Ir]. The third-order valence-electron chi connectivity index (χ3n) is 5.69. The number of aliphatic hydroxyl groups is 1. The smallest absolute Gasteiger partial charge is 0.272 e. The molecule has 187 valence electrons. The molecule has 1 N–H and O–H groups in total. The number of aryl methyl sites for hydroxylation is 2. The van der Waals surface area contributed by atoms with Crippen molar-refractivity contribution < 1.29 is 30.0 Å². The number of benzene rings is 2. The summed E-state index contributed by atoms with van der Waals surface area (Å²) in [7, 11) is 0. The van der Waals surface area contributed by atoms with E-state index in [9.17, 15) is 14.7 Å². The topological polar surface area (TPSA) is 71.7 Å². The van der Waals surface area contributed by atoms with Crippen LogP contribution >= 0.6 is 0 Å². The summed E-state index contributed by atoms with van der Waals surface area (Å²) in [5.41, 5.74) is 2.61. The van der Waals surface area contributed by atoms with Crippen LogP contribution in [0.3, 0.4) is 0 Å². The van der Waals surface area contributed by atoms with Gasteiger partial charge in [0.2, 0.25) is 0 Å². The molecule has 0 fully saturated rings. The number of aromatic nitrogens is 2. The molecule has 0 aliphatic carbocycles. The monoisotopic (exact) mass is 650 g/mol. The summed E-state index contributed by atoms with van der Waals surface area (Å²) in [5.74, 6) is 0.104. The summed E-state index contributed by atoms with van der Waals surface area (Å²) in [6.07, 6.45) is 3.30. The second-order valence-corrected chi connectivity index (χ2v) is 10.8. The van der Waals surface area contributed by atoms with Crippen LogP contribution in [0.2, 0.25) is 0 Å². The van der Waals surface area contributed by atoms with Gasteiger partial charge in [0.1, 0.15) is 5.76 Å². The van der Waals surface area contributed by atoms with E-state index in [4.69, 9.17) is 0 Å². The van der Waals surface area contributed by atoms with E-state index in [2.05, 4.69) is 11.1 Å². The maximum absolute atomic E-state index is 12.4. The van der Waals surface area contributed by atoms with Crippen molar-refractivity contribution in [3.05, 3.63) is 82.0 Å². The molecule has 5 nitrogen and oxygen atoms in total. The summed E-state index contributed by atoms with van der Waals surface area (Å²) in [6, 6.07) is 15.3. The molecule has 1 radical (unpaired) electrons. The maximum atomic E-state index is 12.4. The molecule has 0 aliphatic heterocycles. The first-order chi connectivity index (χ1) is 15.7. The van der Waals surface area contributed by atoms with Gasteiger partial charge in [0.15, 0.2) is 5.78 Å². The van der Waals surface area contributed by atoms with E-state index in [1.54, 1.807) is 0 Å². The molecule has 4 rings (SSSR count). The molecule has 0 saturated carbocycles. The first-order valence-electron chi connectivity index (χ1n) is 11.4. The van der Waals surface area contributed by atoms with Crippen LogP contribution in [-0.2, 0) is 24.9 Å². The maximum Gasteiger partial charge on any atom is 0.272 e. The minimum absolute atomic E-state index is 0. The van der Waals surface area contributed by atoms with Crippen LogP contribution in [0.5, 0.6) is 0 Å². The van der Waals surface area contributed by atoms with Gasteiger partial charge in [-0.2, -0.15) is 0 Å². The number of allylic oxidation sites excluding steroid dienone is 2. The molecular weight excluding hydrogens is 617 g/mol. The predicted molar refractivity (Wildman–Crippen MR) is 139 cm³/mol. The molecular formula is C29H33IrN2O3-. The van der Waals surface area contributed by atoms with Gasteiger partial charge in [-0.05, 0) is 24.8 Å². The third-order valence-corrected chi connectivity index (χ3v) is 5.69. The van der Waals surface area contributed by atoms with Crippen LogP contribution in [0, 0.1) is 30.7 Å². The van der Waals surface area contributed by atoms with Gasteiger partial charge in [0.25, 0.3) is 5.56 Å². The van der Waals surface area contributed by atoms with E-state index >= 15 is 0 Å². The Bertz CT molecular complexity index is 1490. The fourth-order valence-corrected chi connectivity index (χ4v) is 3.42. The number of ketones is 1. The van der Waals surface area contributed by atoms with Gasteiger partial charge in [0.05, 0.1) is 16.6 Å². The van der Waals surface area contributed by atoms with Gasteiger partial charge >= 0.3 is 0 Å². The number of rotatable bonds is 1. The van der Waals surface area contributed by atoms with Crippen molar-refractivity contribution in [3.63, 3.8) is 0 Å². The van der Waals surface area contributed by atoms with Crippen LogP contribution < -0.4 is 5.56 Å². The van der Waals surface area contributed by atoms with Crippen molar-refractivity contribution in [2.45, 2.75) is 55.4 Å². The third kappa shape index (κ3) is 6.25. The van der Waals surface area contributed by atoms with Crippen molar-refractivity contribution in [3.8, 4) is 0 Å². The first-order valence-corrected chi connectivity index (χ1v) is 11.4. The van der Waals surface area contributed by atoms with E-state index in [-0.39, 0.29) is 42.6 Å². The van der Waals surface area contributed by atoms with Gasteiger partial charge in [0, 0.05) is 37.0 Å². The summed E-state index contributed by atoms with van der Waals surface area (Å²) in [4.78, 5) is 28.2. The Morgan fingerprint density at radius 1 is 1.00 bits per heavy atom. The molecule has 0 saturated heterocycles. The van der Waals surface area contributed by atoms with Crippen LogP contribution in [0.4, 0.5) is 0 Å². The van der Waals surface area contributed by atoms with Crippen LogP contribution in [-0.4, -0.2) is 20.3 Å². The van der Waals surface area contributed by atoms with Crippen LogP contribution in [0.1, 0.15) is 52.7 Å². The van der Waals surface area contributed by atoms with Crippen molar-refractivity contribution in [1.29, 1.82) is 0 Å². The summed E-state index contributed by atoms with van der Waals surface area (Å²) >= 11 is 0. The van der Waals surface area contributed by atoms with Crippen molar-refractivity contribution in [2.75, 3.05) is 0 Å². The van der Waals surface area contributed by atoms with Gasteiger partial charge in [-0.3, -0.25) is 9.59 Å². The van der Waals surface area contributed by atoms with Crippen LogP contribution in [0.15, 0.2) is 59.2 Å². The van der Waals surface area contributed by atoms with Crippen molar-refractivity contribution in [1.82, 2.24) is 9.38 Å². The summed E-state index contributed by atoms with van der Waals surface area (Å²) < 4.78 is 1.97. The van der Waals surface area contributed by atoms with E-state index in [0.29, 0.717) is 11.0 Å². The van der Waals surface area contributed by atoms with E-state index in [1.165, 1.54) is 6.08 Å². The fraction of sp³-hybridized carbons (Fsp3) is 0.345. The molecule has 0 amide bonds. The second-order valence-electron chi connectivity index (χ2n) is 10.8. The number of fused-ring (bicyclic) bond motifs is 5. The largest absolute Gasteiger partial charge is 0.512 e. The number of hydrogen-bond acceptors (Lipinski definition) is 4. The molecule has 0 aliphatic rings. The predicted octanol–water partition coefficient (Wildman–Crippen LogP) is 6.51. The molecule has 0 spiro atoms. The number of pyridine rings is 1. The Balaban J connectivity index is 0.000000271. The number of nitrogens with zero attached hydrogens (tertiary/aromatic N) is 2. The summed E-state index contributed by atoms with van der Waals surface area (Å²) in [6.45, 7) is 15.0. The Morgan fingerprint density at radius 3 is 2.26 bits per heavy atom. The molecule has 0 bridgehead atoms. The van der Waals surface area contributed by atoms with Gasteiger partial charge in [-0.25, -0.2) is 4.98 Å².